The molecule has 1 aromatic heterocycles. The van der Waals surface area contributed by atoms with E-state index in [2.05, 4.69) is 403 Å². The van der Waals surface area contributed by atoms with Gasteiger partial charge in [-0.1, -0.05) is 454 Å². The molecule has 13 nitrogen and oxygen atoms in total. The van der Waals surface area contributed by atoms with Gasteiger partial charge in [0.2, 0.25) is 17.7 Å². The summed E-state index contributed by atoms with van der Waals surface area (Å²) in [6.45, 7) is 106. The molecule has 0 atom stereocenters. The van der Waals surface area contributed by atoms with E-state index in [1.54, 1.807) is 19.5 Å². The minimum Gasteiger partial charge on any atom is -0.497 e. The third-order valence-electron chi connectivity index (χ3n) is 18.1. The molecular formula is C120H231N5O8. The van der Waals surface area contributed by atoms with E-state index in [0.29, 0.717) is 100 Å². The SMILES string of the molecule is C.CC(C)(C)C.CC(C)(C)C#CCC(C)(C)C.CC(C)(C)CC1CCCCC1.CC(C)(C)CCNC(=O)C(C)(C)C.CC(C)(C)CCc1ccccc1.CC(C)(C)Cc1ccccc1.CCC.CCC(C)(C)C.CCC(C)(C)C.CCCC(C)(C)C.CCCC(C)(C)C.CNCCOCCOCCOCCNC(=O)COCC(N)=O.COc1ccc(C(C)(C)C)cc1.c1ccncc1. The largest absolute Gasteiger partial charge is 0.497 e. The second-order valence-electron chi connectivity index (χ2n) is 50.6. The number of primary amides is 1. The Kier molecular flexibility index (Phi) is 91.4. The van der Waals surface area contributed by atoms with Crippen molar-refractivity contribution in [1.29, 1.82) is 0 Å². The first kappa shape index (κ1) is 148. The summed E-state index contributed by atoms with van der Waals surface area (Å²) in [6, 6.07) is 35.3. The van der Waals surface area contributed by atoms with Gasteiger partial charge in [-0.15, -0.1) is 5.92 Å². The van der Waals surface area contributed by atoms with Crippen LogP contribution in [0, 0.1) is 82.7 Å². The number of nitrogens with two attached hydrogens (primary N) is 1. The summed E-state index contributed by atoms with van der Waals surface area (Å²) in [5.74, 6) is 7.62. The zero-order valence-electron chi connectivity index (χ0n) is 96.8. The highest BCUT2D eigenvalue weighted by Gasteiger charge is 2.23. The summed E-state index contributed by atoms with van der Waals surface area (Å²) in [4.78, 5) is 36.8. The average molecular weight is 1870 g/mol. The number of nitrogens with zero attached hydrogens (tertiary/aromatic N) is 1. The topological polar surface area (TPSA) is 172 Å². The molecule has 1 fully saturated rings. The number of hydrogen-bond acceptors (Lipinski definition) is 10. The van der Waals surface area contributed by atoms with Crippen molar-refractivity contribution in [1.82, 2.24) is 20.9 Å². The Labute approximate surface area is 831 Å². The fraction of sp³-hybridized carbons (Fsp3) is 0.767. The average Bonchev–Trinajstić information content (AvgIpc) is 0.858. The summed E-state index contributed by atoms with van der Waals surface area (Å²) in [6.07, 6.45) is 27.1. The summed E-state index contributed by atoms with van der Waals surface area (Å²) in [5, 5.41) is 8.50. The maximum Gasteiger partial charge on any atom is 0.246 e. The van der Waals surface area contributed by atoms with Crippen molar-refractivity contribution in [2.24, 2.45) is 76.6 Å². The van der Waals surface area contributed by atoms with E-state index in [-0.39, 0.29) is 48.7 Å². The van der Waals surface area contributed by atoms with Crippen molar-refractivity contribution in [3.05, 3.63) is 132 Å². The smallest absolute Gasteiger partial charge is 0.246 e. The lowest BCUT2D eigenvalue weighted by Gasteiger charge is -2.28. The van der Waals surface area contributed by atoms with Crippen LogP contribution in [-0.2, 0) is 51.6 Å². The Morgan fingerprint density at radius 3 is 1.08 bits per heavy atom. The van der Waals surface area contributed by atoms with Crippen LogP contribution in [0.25, 0.3) is 0 Å². The third kappa shape index (κ3) is 152. The van der Waals surface area contributed by atoms with Crippen LogP contribution in [0.3, 0.4) is 0 Å². The van der Waals surface area contributed by atoms with Gasteiger partial charge in [-0.05, 0) is 179 Å². The van der Waals surface area contributed by atoms with Gasteiger partial charge in [-0.3, -0.25) is 19.4 Å². The predicted molar refractivity (Wildman–Crippen MR) is 594 cm³/mol. The predicted octanol–water partition coefficient (Wildman–Crippen LogP) is 33.6. The minimum atomic E-state index is -0.608. The highest BCUT2D eigenvalue weighted by atomic mass is 16.5. The molecule has 4 aromatic rings. The van der Waals surface area contributed by atoms with Crippen LogP contribution in [0.4, 0.5) is 0 Å². The molecule has 0 bridgehead atoms. The highest BCUT2D eigenvalue weighted by Crippen LogP contribution is 2.34. The van der Waals surface area contributed by atoms with Gasteiger partial charge in [0.15, 0.2) is 0 Å². The van der Waals surface area contributed by atoms with Gasteiger partial charge in [-0.25, -0.2) is 0 Å². The van der Waals surface area contributed by atoms with E-state index in [1.807, 2.05) is 58.2 Å². The molecule has 0 unspecified atom stereocenters. The standard InChI is InChI=1S/C13H27N3O6.C12H18.C11H23NO.C11H16O.C11H22.C11H16.C11H20.2C7H16.2C6H14.C5H5N.C5H12.C3H8.CH4/c1-15-2-4-19-6-8-21-9-7-20-5-3-16-13(18)11-22-10-12(14)17;1-12(2,3)10-9-11-7-5-4-6-8-11;1-10(2,3)7-8-12-9(13)11(4,5)6;1-11(2,3)9-5-7-10(12-4)8-6-9;2*1-11(2,3)9-10-7-5-4-6-8-10;1-10(2,3)8-7-9-11(4,5)6;2*1-5-6-7(2,3)4;2*1-5-6(2,3)4;1-2-4-6-5-3-1;1-5(2,3)4;1-3-2;/h15H,2-11H2,1H3,(H2,14,17)(H,16,18);4-8H,9-10H2,1-3H3;7-8H2,1-6H3,(H,12,13);5-8H,1-4H3;10H,4-9H2,1-3H3;4-8H,9H2,1-3H3;8H2,1-6H3;2*5-6H2,1-4H3;2*5H2,1-4H3;1-5H;1-4H3;3H2,1-2H3;1H4. The number of carbonyl (C=O) groups is 3. The van der Waals surface area contributed by atoms with E-state index in [9.17, 15) is 14.4 Å². The molecule has 1 saturated carbocycles. The number of aryl methyl sites for hydroxylation is 1. The number of methoxy groups -OCH3 is 1. The lowest BCUT2D eigenvalue weighted by Crippen LogP contribution is -2.36. The van der Waals surface area contributed by atoms with Gasteiger partial charge in [0.1, 0.15) is 19.0 Å². The normalized spacial score (nSPS) is 12.2. The molecule has 5 rings (SSSR count). The molecule has 1 aliphatic rings. The monoisotopic (exact) mass is 1870 g/mol. The first-order chi connectivity index (χ1) is 59.9. The van der Waals surface area contributed by atoms with Crippen LogP contribution in [0.1, 0.15) is 445 Å². The number of benzene rings is 3. The Hall–Kier alpha value is -5.62. The second-order valence-corrected chi connectivity index (χ2v) is 50.6. The number of likely N-dealkylation sites (N-methyl/N-ethyl adjacent to an activating group) is 1. The molecule has 133 heavy (non-hydrogen) atoms. The lowest BCUT2D eigenvalue weighted by atomic mass is 9.78. The summed E-state index contributed by atoms with van der Waals surface area (Å²) in [5.41, 5.74) is 13.9. The molecule has 0 radical (unpaired) electrons. The summed E-state index contributed by atoms with van der Waals surface area (Å²) < 4.78 is 25.7. The van der Waals surface area contributed by atoms with Crippen LogP contribution in [0.15, 0.2) is 116 Å². The Morgan fingerprint density at radius 1 is 0.421 bits per heavy atom. The van der Waals surface area contributed by atoms with Gasteiger partial charge in [-0.2, -0.15) is 0 Å². The zero-order chi connectivity index (χ0) is 105. The second kappa shape index (κ2) is 82.3. The van der Waals surface area contributed by atoms with Gasteiger partial charge in [0, 0.05) is 49.3 Å². The number of ether oxygens (including phenoxy) is 5. The molecular weight excluding hydrogens is 1640 g/mol. The number of pyridine rings is 1. The van der Waals surface area contributed by atoms with Gasteiger partial charge in [0.05, 0.1) is 46.8 Å². The number of hydrogen-bond donors (Lipinski definition) is 4. The maximum atomic E-state index is 11.4. The van der Waals surface area contributed by atoms with Crippen molar-refractivity contribution in [3.8, 4) is 17.6 Å². The molecule has 1 heterocycles. The van der Waals surface area contributed by atoms with Crippen LogP contribution in [0.5, 0.6) is 5.75 Å². The fourth-order valence-electron chi connectivity index (χ4n) is 10.2. The number of nitrogens with one attached hydrogen (secondary N) is 3. The van der Waals surface area contributed by atoms with Gasteiger partial charge >= 0.3 is 0 Å². The lowest BCUT2D eigenvalue weighted by molar-refractivity contribution is -0.130. The Bertz CT molecular complexity index is 3160. The van der Waals surface area contributed by atoms with Crippen LogP contribution in [-0.4, -0.2) is 109 Å². The minimum absolute atomic E-state index is 0. The Morgan fingerprint density at radius 2 is 0.797 bits per heavy atom. The van der Waals surface area contributed by atoms with Crippen LogP contribution >= 0.6 is 0 Å². The quantitative estimate of drug-likeness (QED) is 0.0370. The van der Waals surface area contributed by atoms with Crippen LogP contribution < -0.4 is 26.4 Å². The number of rotatable bonds is 25. The maximum absolute atomic E-state index is 11.4. The van der Waals surface area contributed by atoms with Crippen molar-refractivity contribution < 1.29 is 38.1 Å². The van der Waals surface area contributed by atoms with E-state index in [0.717, 1.165) is 44.0 Å². The van der Waals surface area contributed by atoms with Crippen molar-refractivity contribution >= 4 is 17.7 Å². The molecule has 3 aromatic carbocycles. The highest BCUT2D eigenvalue weighted by molar-refractivity contribution is 5.81. The molecule has 1 aliphatic carbocycles. The van der Waals surface area contributed by atoms with E-state index in [4.69, 9.17) is 29.4 Å². The molecule has 5 N–H and O–H groups in total. The molecule has 0 saturated heterocycles. The third-order valence-corrected chi connectivity index (χ3v) is 18.1. The van der Waals surface area contributed by atoms with Crippen molar-refractivity contribution in [3.63, 3.8) is 0 Å². The molecule has 784 valence electrons. The number of carbonyl (C=O) groups excluding carboxylic acids is 3. The summed E-state index contributed by atoms with van der Waals surface area (Å²) >= 11 is 0. The van der Waals surface area contributed by atoms with E-state index < -0.39 is 5.91 Å². The molecule has 3 amide bonds. The van der Waals surface area contributed by atoms with Crippen LogP contribution in [0.2, 0.25) is 0 Å². The fourth-order valence-corrected chi connectivity index (χ4v) is 10.2. The number of aromatic nitrogens is 1. The van der Waals surface area contributed by atoms with Crippen molar-refractivity contribution in [2.75, 3.05) is 86.6 Å². The first-order valence-corrected chi connectivity index (χ1v) is 50.8. The van der Waals surface area contributed by atoms with Crippen molar-refractivity contribution in [2.45, 2.75) is 447 Å². The Balaban J connectivity index is -0.000000156. The first-order valence-electron chi connectivity index (χ1n) is 50.8. The summed E-state index contributed by atoms with van der Waals surface area (Å²) in [7, 11) is 3.56. The molecule has 0 spiro atoms. The molecule has 13 heteroatoms. The van der Waals surface area contributed by atoms with Gasteiger partial charge in [0.25, 0.3) is 0 Å². The molecule has 0 aliphatic heterocycles. The van der Waals surface area contributed by atoms with Gasteiger partial charge < -0.3 is 45.4 Å². The number of amides is 3. The van der Waals surface area contributed by atoms with E-state index in [1.165, 1.54) is 113 Å². The van der Waals surface area contributed by atoms with E-state index >= 15 is 0 Å². The zero-order valence-corrected chi connectivity index (χ0v) is 96.8.